The summed E-state index contributed by atoms with van der Waals surface area (Å²) in [5.41, 5.74) is 1.11. The van der Waals surface area contributed by atoms with Crippen LogP contribution in [0.1, 0.15) is 11.4 Å². The largest absolute Gasteiger partial charge is 0.469 e. The van der Waals surface area contributed by atoms with Crippen molar-refractivity contribution in [3.05, 3.63) is 53.9 Å². The molecule has 0 aliphatic heterocycles. The minimum Gasteiger partial charge on any atom is -0.469 e. The molecule has 0 N–H and O–H groups in total. The van der Waals surface area contributed by atoms with Gasteiger partial charge in [0.25, 0.3) is 0 Å². The standard InChI is InChI=1S/C18H17FN4O4/c1-11-18(13(23(2)22-11)8-17(24)25-3)27-16-9-15(20-10-21-16)26-14-7-5-4-6-12(14)19/h4-7,9-10H,8H2,1-3H3. The number of methoxy groups -OCH3 is 1. The number of hydrogen-bond donors (Lipinski definition) is 0. The quantitative estimate of drug-likeness (QED) is 0.615. The zero-order valence-electron chi connectivity index (χ0n) is 15.0. The molecule has 8 nitrogen and oxygen atoms in total. The van der Waals surface area contributed by atoms with Crippen LogP contribution in [-0.4, -0.2) is 32.8 Å². The van der Waals surface area contributed by atoms with Crippen molar-refractivity contribution in [3.63, 3.8) is 0 Å². The number of esters is 1. The summed E-state index contributed by atoms with van der Waals surface area (Å²) in [6.45, 7) is 1.74. The minimum atomic E-state index is -0.512. The second kappa shape index (κ2) is 7.81. The Morgan fingerprint density at radius 2 is 1.89 bits per heavy atom. The van der Waals surface area contributed by atoms with Crippen LogP contribution in [0.2, 0.25) is 0 Å². The lowest BCUT2D eigenvalue weighted by molar-refractivity contribution is -0.139. The summed E-state index contributed by atoms with van der Waals surface area (Å²) in [4.78, 5) is 19.6. The Morgan fingerprint density at radius 1 is 1.19 bits per heavy atom. The molecular formula is C18H17FN4O4. The lowest BCUT2D eigenvalue weighted by Crippen LogP contribution is -2.09. The Bertz CT molecular complexity index is 974. The highest BCUT2D eigenvalue weighted by Crippen LogP contribution is 2.30. The smallest absolute Gasteiger partial charge is 0.311 e. The van der Waals surface area contributed by atoms with Crippen LogP contribution in [0.15, 0.2) is 36.7 Å². The first kappa shape index (κ1) is 18.3. The van der Waals surface area contributed by atoms with E-state index in [0.717, 1.165) is 0 Å². The fourth-order valence-corrected chi connectivity index (χ4v) is 2.40. The number of rotatable bonds is 6. The van der Waals surface area contributed by atoms with E-state index in [1.54, 1.807) is 30.8 Å². The van der Waals surface area contributed by atoms with Gasteiger partial charge in [-0.2, -0.15) is 5.10 Å². The van der Waals surface area contributed by atoms with E-state index in [9.17, 15) is 9.18 Å². The second-order valence-electron chi connectivity index (χ2n) is 5.57. The average Bonchev–Trinajstić information content (AvgIpc) is 2.91. The molecule has 0 aliphatic rings. The summed E-state index contributed by atoms with van der Waals surface area (Å²) in [5.74, 6) is -0.236. The molecule has 2 aromatic heterocycles. The van der Waals surface area contributed by atoms with Crippen LogP contribution < -0.4 is 9.47 Å². The summed E-state index contributed by atoms with van der Waals surface area (Å²) in [6.07, 6.45) is 1.23. The van der Waals surface area contributed by atoms with Gasteiger partial charge < -0.3 is 14.2 Å². The van der Waals surface area contributed by atoms with Crippen LogP contribution >= 0.6 is 0 Å². The molecule has 140 valence electrons. The molecule has 3 aromatic rings. The van der Waals surface area contributed by atoms with Crippen LogP contribution in [-0.2, 0) is 23.0 Å². The van der Waals surface area contributed by atoms with Gasteiger partial charge in [0.05, 0.1) is 25.3 Å². The fraction of sp³-hybridized carbons (Fsp3) is 0.222. The highest BCUT2D eigenvalue weighted by atomic mass is 19.1. The molecule has 0 amide bonds. The monoisotopic (exact) mass is 372 g/mol. The first-order chi connectivity index (χ1) is 13.0. The molecule has 0 spiro atoms. The molecule has 0 unspecified atom stereocenters. The van der Waals surface area contributed by atoms with Gasteiger partial charge >= 0.3 is 5.97 Å². The lowest BCUT2D eigenvalue weighted by atomic mass is 10.2. The normalized spacial score (nSPS) is 10.5. The van der Waals surface area contributed by atoms with Crippen molar-refractivity contribution >= 4 is 5.97 Å². The Balaban J connectivity index is 1.85. The van der Waals surface area contributed by atoms with Crippen molar-refractivity contribution < 1.29 is 23.4 Å². The number of carbonyl (C=O) groups excluding carboxylic acids is 1. The maximum Gasteiger partial charge on any atom is 0.311 e. The van der Waals surface area contributed by atoms with Gasteiger partial charge in [0, 0.05) is 7.05 Å². The maximum atomic E-state index is 13.7. The Labute approximate surface area is 154 Å². The number of nitrogens with zero attached hydrogens (tertiary/aromatic N) is 4. The van der Waals surface area contributed by atoms with Crippen LogP contribution in [0, 0.1) is 12.7 Å². The van der Waals surface area contributed by atoms with E-state index >= 15 is 0 Å². The highest BCUT2D eigenvalue weighted by Gasteiger charge is 2.19. The zero-order chi connectivity index (χ0) is 19.4. The third kappa shape index (κ3) is 4.20. The summed E-state index contributed by atoms with van der Waals surface area (Å²) in [6, 6.07) is 7.39. The van der Waals surface area contributed by atoms with Crippen molar-refractivity contribution in [1.29, 1.82) is 0 Å². The molecule has 2 heterocycles. The van der Waals surface area contributed by atoms with E-state index in [4.69, 9.17) is 14.2 Å². The number of benzene rings is 1. The van der Waals surface area contributed by atoms with E-state index in [1.807, 2.05) is 0 Å². The number of carbonyl (C=O) groups is 1. The van der Waals surface area contributed by atoms with Gasteiger partial charge in [-0.05, 0) is 19.1 Å². The molecule has 0 radical (unpaired) electrons. The van der Waals surface area contributed by atoms with Crippen molar-refractivity contribution in [2.75, 3.05) is 7.11 Å². The van der Waals surface area contributed by atoms with Gasteiger partial charge in [0.1, 0.15) is 12.0 Å². The van der Waals surface area contributed by atoms with Gasteiger partial charge in [-0.15, -0.1) is 0 Å². The number of aryl methyl sites for hydroxylation is 2. The van der Waals surface area contributed by atoms with Crippen molar-refractivity contribution in [1.82, 2.24) is 19.7 Å². The van der Waals surface area contributed by atoms with Crippen molar-refractivity contribution in [3.8, 4) is 23.3 Å². The molecule has 1 aromatic carbocycles. The fourth-order valence-electron chi connectivity index (χ4n) is 2.40. The summed E-state index contributed by atoms with van der Waals surface area (Å²) in [5, 5.41) is 4.26. The molecule has 3 rings (SSSR count). The first-order valence-electron chi connectivity index (χ1n) is 7.99. The average molecular weight is 372 g/mol. The molecule has 0 bridgehead atoms. The van der Waals surface area contributed by atoms with Crippen molar-refractivity contribution in [2.45, 2.75) is 13.3 Å². The molecule has 9 heteroatoms. The Hall–Kier alpha value is -3.49. The lowest BCUT2D eigenvalue weighted by Gasteiger charge is -2.09. The summed E-state index contributed by atoms with van der Waals surface area (Å²) in [7, 11) is 3.01. The second-order valence-corrected chi connectivity index (χ2v) is 5.57. The molecule has 0 saturated heterocycles. The molecule has 27 heavy (non-hydrogen) atoms. The van der Waals surface area contributed by atoms with Gasteiger partial charge in [-0.1, -0.05) is 12.1 Å². The van der Waals surface area contributed by atoms with Gasteiger partial charge in [-0.25, -0.2) is 14.4 Å². The van der Waals surface area contributed by atoms with Crippen LogP contribution in [0.4, 0.5) is 4.39 Å². The number of ether oxygens (including phenoxy) is 3. The van der Waals surface area contributed by atoms with Crippen LogP contribution in [0.3, 0.4) is 0 Å². The van der Waals surface area contributed by atoms with Gasteiger partial charge in [-0.3, -0.25) is 9.48 Å². The topological polar surface area (TPSA) is 88.4 Å². The van der Waals surface area contributed by atoms with E-state index in [0.29, 0.717) is 17.1 Å². The molecule has 0 atom stereocenters. The third-order valence-electron chi connectivity index (χ3n) is 3.70. The number of hydrogen-bond acceptors (Lipinski definition) is 7. The summed E-state index contributed by atoms with van der Waals surface area (Å²) < 4.78 is 31.2. The molecule has 0 fully saturated rings. The Morgan fingerprint density at radius 3 is 2.59 bits per heavy atom. The summed E-state index contributed by atoms with van der Waals surface area (Å²) >= 11 is 0. The van der Waals surface area contributed by atoms with Crippen molar-refractivity contribution in [2.24, 2.45) is 7.05 Å². The maximum absolute atomic E-state index is 13.7. The van der Waals surface area contributed by atoms with Gasteiger partial charge in [0.15, 0.2) is 17.3 Å². The van der Waals surface area contributed by atoms with Crippen LogP contribution in [0.5, 0.6) is 23.3 Å². The first-order valence-corrected chi connectivity index (χ1v) is 7.99. The van der Waals surface area contributed by atoms with E-state index in [2.05, 4.69) is 15.1 Å². The number of para-hydroxylation sites is 1. The zero-order valence-corrected chi connectivity index (χ0v) is 15.0. The predicted molar refractivity (Wildman–Crippen MR) is 92.2 cm³/mol. The number of halogens is 1. The molecule has 0 aliphatic carbocycles. The third-order valence-corrected chi connectivity index (χ3v) is 3.70. The Kier molecular flexibility index (Phi) is 5.30. The van der Waals surface area contributed by atoms with E-state index in [1.165, 1.54) is 31.6 Å². The molecular weight excluding hydrogens is 355 g/mol. The SMILES string of the molecule is COC(=O)Cc1c(Oc2cc(Oc3ccccc3F)ncn2)c(C)nn1C. The number of aromatic nitrogens is 4. The van der Waals surface area contributed by atoms with E-state index < -0.39 is 11.8 Å². The minimum absolute atomic E-state index is 0.00710. The molecule has 0 saturated carbocycles. The van der Waals surface area contributed by atoms with Crippen LogP contribution in [0.25, 0.3) is 0 Å². The van der Waals surface area contributed by atoms with Gasteiger partial charge in [0.2, 0.25) is 11.8 Å². The highest BCUT2D eigenvalue weighted by molar-refractivity contribution is 5.73. The van der Waals surface area contributed by atoms with E-state index in [-0.39, 0.29) is 23.9 Å². The predicted octanol–water partition coefficient (Wildman–Crippen LogP) is 2.96.